The fraction of sp³-hybridized carbons (Fsp3) is 0.375. The number of carbonyl (C=O) groups excluding carboxylic acids is 1. The zero-order valence-electron chi connectivity index (χ0n) is 13.8. The van der Waals surface area contributed by atoms with Crippen LogP contribution in [-0.4, -0.2) is 53.3 Å². The Labute approximate surface area is 151 Å². The van der Waals surface area contributed by atoms with Crippen LogP contribution in [0.4, 0.5) is 0 Å². The second-order valence-electron chi connectivity index (χ2n) is 6.10. The Bertz CT molecular complexity index is 1020. The maximum atomic E-state index is 13.0. The Hall–Kier alpha value is -2.56. The average molecular weight is 375 g/mol. The quantitative estimate of drug-likeness (QED) is 0.668. The van der Waals surface area contributed by atoms with Gasteiger partial charge in [-0.25, -0.2) is 0 Å². The molecule has 3 aromatic rings. The molecule has 0 radical (unpaired) electrons. The van der Waals surface area contributed by atoms with E-state index in [0.29, 0.717) is 36.7 Å². The molecule has 10 heteroatoms. The van der Waals surface area contributed by atoms with Crippen molar-refractivity contribution in [3.63, 3.8) is 0 Å². The molecule has 3 aromatic heterocycles. The van der Waals surface area contributed by atoms with Gasteiger partial charge in [0, 0.05) is 30.7 Å². The number of carbonyl (C=O) groups is 1. The van der Waals surface area contributed by atoms with Crippen molar-refractivity contribution in [2.24, 2.45) is 0 Å². The summed E-state index contributed by atoms with van der Waals surface area (Å²) in [4.78, 5) is 30.9. The number of aromatic nitrogens is 4. The molecule has 1 aliphatic heterocycles. The van der Waals surface area contributed by atoms with E-state index in [9.17, 15) is 14.7 Å². The highest BCUT2D eigenvalue weighted by Gasteiger charge is 2.25. The highest BCUT2D eigenvalue weighted by atomic mass is 32.1. The van der Waals surface area contributed by atoms with Gasteiger partial charge in [-0.3, -0.25) is 18.7 Å². The van der Waals surface area contributed by atoms with Crippen molar-refractivity contribution in [1.82, 2.24) is 24.1 Å². The lowest BCUT2D eigenvalue weighted by Crippen LogP contribution is -2.33. The van der Waals surface area contributed by atoms with Crippen molar-refractivity contribution in [3.8, 4) is 0 Å². The van der Waals surface area contributed by atoms with Crippen molar-refractivity contribution in [3.05, 3.63) is 51.1 Å². The van der Waals surface area contributed by atoms with Crippen molar-refractivity contribution in [2.75, 3.05) is 13.2 Å². The summed E-state index contributed by atoms with van der Waals surface area (Å²) in [6, 6.07) is 2.95. The number of aliphatic hydroxyl groups excluding tert-OH is 2. The molecule has 0 unspecified atom stereocenters. The molecule has 0 bridgehead atoms. The van der Waals surface area contributed by atoms with E-state index in [1.165, 1.54) is 17.4 Å². The lowest BCUT2D eigenvalue weighted by molar-refractivity contribution is 0.0737. The van der Waals surface area contributed by atoms with Crippen molar-refractivity contribution >= 4 is 22.2 Å². The summed E-state index contributed by atoms with van der Waals surface area (Å²) in [5, 5.41) is 25.0. The summed E-state index contributed by atoms with van der Waals surface area (Å²) in [6.45, 7) is 1.05. The SMILES string of the molecule is O=C(c1cc(=O)nc2sccn12)N1CCCn2nc([C@H](O)CO)cc2C1. The maximum Gasteiger partial charge on any atom is 0.274 e. The molecule has 1 amide bonds. The molecule has 0 aliphatic carbocycles. The van der Waals surface area contributed by atoms with Crippen LogP contribution in [0.2, 0.25) is 0 Å². The number of hydrogen-bond donors (Lipinski definition) is 2. The Morgan fingerprint density at radius 1 is 1.35 bits per heavy atom. The molecule has 0 aromatic carbocycles. The van der Waals surface area contributed by atoms with Gasteiger partial charge in [0.1, 0.15) is 11.8 Å². The van der Waals surface area contributed by atoms with E-state index in [2.05, 4.69) is 10.1 Å². The third-order valence-electron chi connectivity index (χ3n) is 4.37. The second-order valence-corrected chi connectivity index (χ2v) is 6.97. The number of fused-ring (bicyclic) bond motifs is 2. The number of amides is 1. The highest BCUT2D eigenvalue weighted by molar-refractivity contribution is 7.15. The van der Waals surface area contributed by atoms with Crippen LogP contribution in [0.1, 0.15) is 34.4 Å². The third-order valence-corrected chi connectivity index (χ3v) is 5.13. The molecule has 2 N–H and O–H groups in total. The molecule has 0 saturated heterocycles. The average Bonchev–Trinajstić information content (AvgIpc) is 3.21. The van der Waals surface area contributed by atoms with Gasteiger partial charge in [0.15, 0.2) is 4.96 Å². The summed E-state index contributed by atoms with van der Waals surface area (Å²) < 4.78 is 3.37. The van der Waals surface area contributed by atoms with Gasteiger partial charge in [0.2, 0.25) is 0 Å². The van der Waals surface area contributed by atoms with Crippen LogP contribution in [0.5, 0.6) is 0 Å². The number of nitrogens with zero attached hydrogens (tertiary/aromatic N) is 5. The molecular weight excluding hydrogens is 358 g/mol. The Morgan fingerprint density at radius 2 is 2.19 bits per heavy atom. The highest BCUT2D eigenvalue weighted by Crippen LogP contribution is 2.20. The molecule has 136 valence electrons. The summed E-state index contributed by atoms with van der Waals surface area (Å²) in [6.07, 6.45) is 1.38. The molecule has 9 nitrogen and oxygen atoms in total. The number of hydrogen-bond acceptors (Lipinski definition) is 7. The van der Waals surface area contributed by atoms with E-state index < -0.39 is 18.3 Å². The molecular formula is C16H17N5O4S. The molecule has 0 saturated carbocycles. The van der Waals surface area contributed by atoms with Crippen LogP contribution in [0.15, 0.2) is 28.5 Å². The van der Waals surface area contributed by atoms with Crippen molar-refractivity contribution < 1.29 is 15.0 Å². The standard InChI is InChI=1S/C16H17N5O4S/c22-9-13(23)11-6-10-8-19(2-1-3-21(10)18-11)15(25)12-7-14(24)17-16-20(12)4-5-26-16/h4-7,13,22-23H,1-3,8-9H2/t13-/m1/s1. The minimum atomic E-state index is -1.04. The van der Waals surface area contributed by atoms with Crippen molar-refractivity contribution in [1.29, 1.82) is 0 Å². The zero-order valence-corrected chi connectivity index (χ0v) is 14.6. The topological polar surface area (TPSA) is 113 Å². The van der Waals surface area contributed by atoms with E-state index in [1.807, 2.05) is 0 Å². The smallest absolute Gasteiger partial charge is 0.274 e. The number of aliphatic hydroxyl groups is 2. The first-order valence-electron chi connectivity index (χ1n) is 8.18. The summed E-state index contributed by atoms with van der Waals surface area (Å²) in [7, 11) is 0. The lowest BCUT2D eigenvalue weighted by atomic mass is 10.2. The van der Waals surface area contributed by atoms with Gasteiger partial charge in [-0.05, 0) is 12.5 Å². The van der Waals surface area contributed by atoms with Gasteiger partial charge in [-0.15, -0.1) is 11.3 Å². The van der Waals surface area contributed by atoms with Gasteiger partial charge in [0.05, 0.1) is 24.5 Å². The van der Waals surface area contributed by atoms with E-state index in [-0.39, 0.29) is 11.6 Å². The summed E-state index contributed by atoms with van der Waals surface area (Å²) in [5.41, 5.74) is 1.01. The Morgan fingerprint density at radius 3 is 3.00 bits per heavy atom. The summed E-state index contributed by atoms with van der Waals surface area (Å²) in [5.74, 6) is -0.253. The van der Waals surface area contributed by atoms with E-state index in [0.717, 1.165) is 5.69 Å². The first-order valence-corrected chi connectivity index (χ1v) is 9.06. The van der Waals surface area contributed by atoms with Gasteiger partial charge in [0.25, 0.3) is 11.5 Å². The molecule has 1 atom stereocenters. The molecule has 4 rings (SSSR count). The van der Waals surface area contributed by atoms with Gasteiger partial charge in [-0.2, -0.15) is 10.1 Å². The normalized spacial score (nSPS) is 15.7. The first-order chi connectivity index (χ1) is 12.6. The monoisotopic (exact) mass is 375 g/mol. The first kappa shape index (κ1) is 16.9. The predicted molar refractivity (Wildman–Crippen MR) is 93.0 cm³/mol. The number of rotatable bonds is 3. The van der Waals surface area contributed by atoms with Gasteiger partial charge >= 0.3 is 0 Å². The molecule has 4 heterocycles. The van der Waals surface area contributed by atoms with Crippen LogP contribution in [0, 0.1) is 0 Å². The molecule has 1 aliphatic rings. The molecule has 26 heavy (non-hydrogen) atoms. The van der Waals surface area contributed by atoms with E-state index in [4.69, 9.17) is 5.11 Å². The van der Waals surface area contributed by atoms with Crippen LogP contribution < -0.4 is 5.56 Å². The lowest BCUT2D eigenvalue weighted by Gasteiger charge is -2.20. The van der Waals surface area contributed by atoms with E-state index >= 15 is 0 Å². The fourth-order valence-electron chi connectivity index (χ4n) is 3.09. The van der Waals surface area contributed by atoms with Crippen LogP contribution >= 0.6 is 11.3 Å². The van der Waals surface area contributed by atoms with Gasteiger partial charge < -0.3 is 15.1 Å². The second kappa shape index (κ2) is 6.63. The van der Waals surface area contributed by atoms with Crippen molar-refractivity contribution in [2.45, 2.75) is 25.6 Å². The zero-order chi connectivity index (χ0) is 18.3. The van der Waals surface area contributed by atoms with E-state index in [1.54, 1.807) is 31.6 Å². The molecule has 0 fully saturated rings. The summed E-state index contributed by atoms with van der Waals surface area (Å²) >= 11 is 1.30. The number of thiazole rings is 1. The predicted octanol–water partition coefficient (Wildman–Crippen LogP) is 0.0243. The van der Waals surface area contributed by atoms with Crippen LogP contribution in [-0.2, 0) is 13.1 Å². The van der Waals surface area contributed by atoms with Crippen LogP contribution in [0.25, 0.3) is 4.96 Å². The fourth-order valence-corrected chi connectivity index (χ4v) is 3.81. The van der Waals surface area contributed by atoms with Gasteiger partial charge in [-0.1, -0.05) is 0 Å². The Kier molecular flexibility index (Phi) is 4.31. The largest absolute Gasteiger partial charge is 0.393 e. The minimum absolute atomic E-state index is 0.253. The number of aryl methyl sites for hydroxylation is 1. The third kappa shape index (κ3) is 2.91. The maximum absolute atomic E-state index is 13.0. The van der Waals surface area contributed by atoms with Crippen LogP contribution in [0.3, 0.4) is 0 Å². The molecule has 0 spiro atoms. The Balaban J connectivity index is 1.67. The minimum Gasteiger partial charge on any atom is -0.393 e.